The van der Waals surface area contributed by atoms with Gasteiger partial charge < -0.3 is 21.5 Å². The van der Waals surface area contributed by atoms with Gasteiger partial charge in [0.25, 0.3) is 0 Å². The highest BCUT2D eigenvalue weighted by Crippen LogP contribution is 2.27. The molecule has 0 saturated heterocycles. The van der Waals surface area contributed by atoms with E-state index in [0.717, 1.165) is 28.1 Å². The lowest BCUT2D eigenvalue weighted by Gasteiger charge is -2.18. The molecule has 1 atom stereocenters. The van der Waals surface area contributed by atoms with Crippen molar-refractivity contribution in [2.24, 2.45) is 5.73 Å². The summed E-state index contributed by atoms with van der Waals surface area (Å²) < 4.78 is 0. The molecule has 0 aliphatic heterocycles. The van der Waals surface area contributed by atoms with Gasteiger partial charge in [0.05, 0.1) is 5.69 Å². The van der Waals surface area contributed by atoms with Crippen LogP contribution in [0.2, 0.25) is 0 Å². The zero-order valence-corrected chi connectivity index (χ0v) is 17.2. The molecular formula is C23H25N5O3. The van der Waals surface area contributed by atoms with E-state index in [9.17, 15) is 9.59 Å². The van der Waals surface area contributed by atoms with Gasteiger partial charge >= 0.3 is 6.09 Å². The van der Waals surface area contributed by atoms with Crippen molar-refractivity contribution >= 4 is 23.6 Å². The minimum absolute atomic E-state index is 0.159. The van der Waals surface area contributed by atoms with Gasteiger partial charge in [0.2, 0.25) is 11.9 Å². The normalized spacial score (nSPS) is 11.5. The maximum Gasteiger partial charge on any atom is 0.404 e. The van der Waals surface area contributed by atoms with Gasteiger partial charge in [0.1, 0.15) is 0 Å². The first-order chi connectivity index (χ1) is 14.9. The predicted octanol–water partition coefficient (Wildman–Crippen LogP) is 3.50. The van der Waals surface area contributed by atoms with Crippen molar-refractivity contribution in [1.29, 1.82) is 0 Å². The summed E-state index contributed by atoms with van der Waals surface area (Å²) in [5.74, 6) is -0.119. The second kappa shape index (κ2) is 10.2. The van der Waals surface area contributed by atoms with Gasteiger partial charge in [-0.2, -0.15) is 0 Å². The molecule has 3 aromatic rings. The summed E-state index contributed by atoms with van der Waals surface area (Å²) in [6.45, 7) is 2.15. The van der Waals surface area contributed by atoms with Gasteiger partial charge in [0, 0.05) is 30.8 Å². The standard InChI is InChI=1S/C23H25N5O3/c1-15-13-25-22(27-19-9-7-17(8-10-19)14-26-23(30)31)28-21(15)18(12-20(24)29)11-16-5-3-2-4-6-16/h2-10,13,18,26H,11-12,14H2,1H3,(H2,24,29)(H,30,31)(H,25,27,28). The van der Waals surface area contributed by atoms with E-state index in [1.54, 1.807) is 6.20 Å². The fourth-order valence-corrected chi connectivity index (χ4v) is 3.35. The molecule has 0 bridgehead atoms. The SMILES string of the molecule is Cc1cnc(Nc2ccc(CNC(=O)O)cc2)nc1C(CC(N)=O)Cc1ccccc1. The Labute approximate surface area is 180 Å². The third kappa shape index (κ3) is 6.53. The summed E-state index contributed by atoms with van der Waals surface area (Å²) in [4.78, 5) is 31.4. The number of anilines is 2. The summed E-state index contributed by atoms with van der Waals surface area (Å²) in [7, 11) is 0. The average molecular weight is 419 g/mol. The summed E-state index contributed by atoms with van der Waals surface area (Å²) in [6.07, 6.45) is 1.50. The zero-order chi connectivity index (χ0) is 22.2. The lowest BCUT2D eigenvalue weighted by molar-refractivity contribution is -0.118. The topological polar surface area (TPSA) is 130 Å². The zero-order valence-electron chi connectivity index (χ0n) is 17.2. The molecule has 0 aliphatic rings. The Morgan fingerprint density at radius 1 is 1.06 bits per heavy atom. The largest absolute Gasteiger partial charge is 0.465 e. The molecule has 8 heteroatoms. The maximum absolute atomic E-state index is 11.7. The van der Waals surface area contributed by atoms with Gasteiger partial charge in [-0.15, -0.1) is 0 Å². The number of rotatable bonds is 9. The van der Waals surface area contributed by atoms with Crippen molar-refractivity contribution in [1.82, 2.24) is 15.3 Å². The molecule has 0 saturated carbocycles. The number of benzene rings is 2. The van der Waals surface area contributed by atoms with E-state index >= 15 is 0 Å². The molecule has 0 fully saturated rings. The van der Waals surface area contributed by atoms with Crippen LogP contribution in [0.3, 0.4) is 0 Å². The van der Waals surface area contributed by atoms with E-state index < -0.39 is 6.09 Å². The first-order valence-electron chi connectivity index (χ1n) is 9.89. The van der Waals surface area contributed by atoms with Crippen LogP contribution in [0.15, 0.2) is 60.8 Å². The Hall–Kier alpha value is -3.94. The Morgan fingerprint density at radius 2 is 1.77 bits per heavy atom. The van der Waals surface area contributed by atoms with Crippen LogP contribution < -0.4 is 16.4 Å². The second-order valence-electron chi connectivity index (χ2n) is 7.30. The van der Waals surface area contributed by atoms with Crippen molar-refractivity contribution in [3.8, 4) is 0 Å². The summed E-state index contributed by atoms with van der Waals surface area (Å²) in [5.41, 5.74) is 9.89. The van der Waals surface area contributed by atoms with E-state index in [0.29, 0.717) is 12.4 Å². The number of primary amides is 1. The van der Waals surface area contributed by atoms with Gasteiger partial charge in [-0.25, -0.2) is 14.8 Å². The number of amides is 2. The molecule has 1 aromatic heterocycles. The lowest BCUT2D eigenvalue weighted by atomic mass is 9.90. The predicted molar refractivity (Wildman–Crippen MR) is 118 cm³/mol. The Kier molecular flexibility index (Phi) is 7.16. The number of nitrogens with two attached hydrogens (primary N) is 1. The van der Waals surface area contributed by atoms with Gasteiger partial charge in [0.15, 0.2) is 0 Å². The summed E-state index contributed by atoms with van der Waals surface area (Å²) >= 11 is 0. The van der Waals surface area contributed by atoms with Crippen LogP contribution in [-0.2, 0) is 17.8 Å². The molecule has 0 spiro atoms. The Balaban J connectivity index is 1.79. The molecule has 2 amide bonds. The van der Waals surface area contributed by atoms with Crippen LogP contribution in [0, 0.1) is 6.92 Å². The number of nitrogens with one attached hydrogen (secondary N) is 2. The number of nitrogens with zero attached hydrogens (tertiary/aromatic N) is 2. The molecule has 3 rings (SSSR count). The van der Waals surface area contributed by atoms with Crippen LogP contribution in [0.1, 0.15) is 34.7 Å². The van der Waals surface area contributed by atoms with Crippen LogP contribution in [0.5, 0.6) is 0 Å². The quantitative estimate of drug-likeness (QED) is 0.420. The summed E-state index contributed by atoms with van der Waals surface area (Å²) in [6, 6.07) is 17.2. The molecule has 31 heavy (non-hydrogen) atoms. The average Bonchev–Trinajstić information content (AvgIpc) is 2.74. The smallest absolute Gasteiger partial charge is 0.404 e. The van der Waals surface area contributed by atoms with Crippen molar-refractivity contribution in [2.75, 3.05) is 5.32 Å². The van der Waals surface area contributed by atoms with E-state index in [1.165, 1.54) is 0 Å². The number of hydrogen-bond acceptors (Lipinski definition) is 5. The highest BCUT2D eigenvalue weighted by molar-refractivity contribution is 5.74. The van der Waals surface area contributed by atoms with Gasteiger partial charge in [-0.1, -0.05) is 42.5 Å². The van der Waals surface area contributed by atoms with Crippen LogP contribution in [0.25, 0.3) is 0 Å². The molecular weight excluding hydrogens is 394 g/mol. The molecule has 0 aliphatic carbocycles. The highest BCUT2D eigenvalue weighted by Gasteiger charge is 2.20. The van der Waals surface area contributed by atoms with E-state index in [4.69, 9.17) is 10.8 Å². The van der Waals surface area contributed by atoms with Crippen molar-refractivity contribution in [2.45, 2.75) is 32.2 Å². The molecule has 1 unspecified atom stereocenters. The number of hydrogen-bond donors (Lipinski definition) is 4. The third-order valence-corrected chi connectivity index (χ3v) is 4.82. The second-order valence-corrected chi connectivity index (χ2v) is 7.30. The van der Waals surface area contributed by atoms with Crippen molar-refractivity contribution in [3.05, 3.63) is 83.2 Å². The molecule has 1 heterocycles. The number of aromatic nitrogens is 2. The van der Waals surface area contributed by atoms with Crippen LogP contribution in [-0.4, -0.2) is 27.1 Å². The van der Waals surface area contributed by atoms with Gasteiger partial charge in [-0.05, 0) is 42.2 Å². The highest BCUT2D eigenvalue weighted by atomic mass is 16.4. The van der Waals surface area contributed by atoms with E-state index in [-0.39, 0.29) is 24.8 Å². The van der Waals surface area contributed by atoms with E-state index in [1.807, 2.05) is 61.5 Å². The Morgan fingerprint density at radius 3 is 2.42 bits per heavy atom. The number of carbonyl (C=O) groups excluding carboxylic acids is 1. The van der Waals surface area contributed by atoms with Gasteiger partial charge in [-0.3, -0.25) is 4.79 Å². The van der Waals surface area contributed by atoms with Crippen molar-refractivity contribution in [3.63, 3.8) is 0 Å². The summed E-state index contributed by atoms with van der Waals surface area (Å²) in [5, 5.41) is 14.2. The molecule has 5 N–H and O–H groups in total. The number of aryl methyl sites for hydroxylation is 1. The maximum atomic E-state index is 11.7. The van der Waals surface area contributed by atoms with E-state index in [2.05, 4.69) is 20.6 Å². The fraction of sp³-hybridized carbons (Fsp3) is 0.217. The number of carbonyl (C=O) groups is 2. The minimum Gasteiger partial charge on any atom is -0.465 e. The third-order valence-electron chi connectivity index (χ3n) is 4.82. The molecule has 2 aromatic carbocycles. The molecule has 160 valence electrons. The van der Waals surface area contributed by atoms with Crippen LogP contribution in [0.4, 0.5) is 16.4 Å². The monoisotopic (exact) mass is 419 g/mol. The molecule has 8 nitrogen and oxygen atoms in total. The van der Waals surface area contributed by atoms with Crippen LogP contribution >= 0.6 is 0 Å². The first kappa shape index (κ1) is 21.8. The number of carboxylic acid groups (broad SMARTS) is 1. The fourth-order valence-electron chi connectivity index (χ4n) is 3.35. The first-order valence-corrected chi connectivity index (χ1v) is 9.89. The van der Waals surface area contributed by atoms with Crippen molar-refractivity contribution < 1.29 is 14.7 Å². The molecule has 0 radical (unpaired) electrons. The minimum atomic E-state index is -1.07. The lowest BCUT2D eigenvalue weighted by Crippen LogP contribution is -2.19. The Bertz CT molecular complexity index is 1040.